The van der Waals surface area contributed by atoms with Crippen LogP contribution >= 0.6 is 0 Å². The lowest BCUT2D eigenvalue weighted by atomic mass is 9.85. The van der Waals surface area contributed by atoms with Crippen LogP contribution in [-0.4, -0.2) is 16.3 Å². The summed E-state index contributed by atoms with van der Waals surface area (Å²) >= 11 is 0. The standard InChI is InChI=1S/C12H23N3/c1-8(6-7-13)9(2)12-10(3)14-15(5)11(12)4/h8-9H,6-7,13H2,1-5H3. The van der Waals surface area contributed by atoms with Gasteiger partial charge in [-0.3, -0.25) is 4.68 Å². The minimum atomic E-state index is 0.544. The number of aryl methyl sites for hydroxylation is 2. The van der Waals surface area contributed by atoms with E-state index in [0.29, 0.717) is 11.8 Å². The van der Waals surface area contributed by atoms with Crippen molar-refractivity contribution < 1.29 is 0 Å². The molecule has 2 unspecified atom stereocenters. The van der Waals surface area contributed by atoms with E-state index >= 15 is 0 Å². The second kappa shape index (κ2) is 4.79. The van der Waals surface area contributed by atoms with Gasteiger partial charge in [0.15, 0.2) is 0 Å². The molecule has 15 heavy (non-hydrogen) atoms. The highest BCUT2D eigenvalue weighted by Gasteiger charge is 2.20. The molecule has 0 fully saturated rings. The number of nitrogens with two attached hydrogens (primary N) is 1. The molecule has 0 spiro atoms. The fourth-order valence-electron chi connectivity index (χ4n) is 2.25. The topological polar surface area (TPSA) is 43.8 Å². The molecule has 0 amide bonds. The van der Waals surface area contributed by atoms with Crippen molar-refractivity contribution in [1.82, 2.24) is 9.78 Å². The molecule has 3 nitrogen and oxygen atoms in total. The van der Waals surface area contributed by atoms with E-state index in [2.05, 4.69) is 32.8 Å². The Morgan fingerprint density at radius 3 is 2.33 bits per heavy atom. The molecular formula is C12H23N3. The molecule has 1 rings (SSSR count). The van der Waals surface area contributed by atoms with Crippen LogP contribution in [0.3, 0.4) is 0 Å². The molecule has 0 saturated heterocycles. The van der Waals surface area contributed by atoms with Gasteiger partial charge in [0.2, 0.25) is 0 Å². The van der Waals surface area contributed by atoms with Gasteiger partial charge in [-0.15, -0.1) is 0 Å². The van der Waals surface area contributed by atoms with Crippen LogP contribution < -0.4 is 5.73 Å². The fourth-order valence-corrected chi connectivity index (χ4v) is 2.25. The minimum Gasteiger partial charge on any atom is -0.330 e. The van der Waals surface area contributed by atoms with Crippen LogP contribution in [0.15, 0.2) is 0 Å². The normalized spacial score (nSPS) is 15.3. The second-order valence-corrected chi connectivity index (χ2v) is 4.55. The Bertz CT molecular complexity index is 328. The van der Waals surface area contributed by atoms with E-state index in [4.69, 9.17) is 5.73 Å². The van der Waals surface area contributed by atoms with E-state index in [9.17, 15) is 0 Å². The van der Waals surface area contributed by atoms with Crippen LogP contribution in [0.2, 0.25) is 0 Å². The molecule has 0 aromatic carbocycles. The van der Waals surface area contributed by atoms with Crippen molar-refractivity contribution in [2.24, 2.45) is 18.7 Å². The largest absolute Gasteiger partial charge is 0.330 e. The first-order valence-corrected chi connectivity index (χ1v) is 5.69. The maximum atomic E-state index is 5.61. The molecule has 86 valence electrons. The molecular weight excluding hydrogens is 186 g/mol. The van der Waals surface area contributed by atoms with Gasteiger partial charge < -0.3 is 5.73 Å². The van der Waals surface area contributed by atoms with E-state index in [1.807, 2.05) is 11.7 Å². The van der Waals surface area contributed by atoms with Gasteiger partial charge >= 0.3 is 0 Å². The summed E-state index contributed by atoms with van der Waals surface area (Å²) in [5, 5.41) is 4.46. The van der Waals surface area contributed by atoms with E-state index < -0.39 is 0 Å². The third-order valence-electron chi connectivity index (χ3n) is 3.50. The van der Waals surface area contributed by atoms with Crippen LogP contribution in [0.4, 0.5) is 0 Å². The first-order chi connectivity index (χ1) is 6.99. The molecule has 3 heteroatoms. The van der Waals surface area contributed by atoms with Crippen molar-refractivity contribution in [2.45, 2.75) is 40.0 Å². The molecule has 2 N–H and O–H groups in total. The van der Waals surface area contributed by atoms with Crippen LogP contribution in [-0.2, 0) is 7.05 Å². The average molecular weight is 209 g/mol. The number of hydrogen-bond donors (Lipinski definition) is 1. The van der Waals surface area contributed by atoms with E-state index in [1.165, 1.54) is 11.3 Å². The maximum Gasteiger partial charge on any atom is 0.0631 e. The van der Waals surface area contributed by atoms with Gasteiger partial charge in [-0.05, 0) is 44.2 Å². The number of rotatable bonds is 4. The van der Waals surface area contributed by atoms with Crippen LogP contribution in [0, 0.1) is 19.8 Å². The third kappa shape index (κ3) is 2.40. The van der Waals surface area contributed by atoms with Gasteiger partial charge in [0, 0.05) is 12.7 Å². The molecule has 1 heterocycles. The monoisotopic (exact) mass is 209 g/mol. The highest BCUT2D eigenvalue weighted by atomic mass is 15.3. The summed E-state index contributed by atoms with van der Waals surface area (Å²) in [7, 11) is 2.01. The lowest BCUT2D eigenvalue weighted by molar-refractivity contribution is 0.456. The highest BCUT2D eigenvalue weighted by Crippen LogP contribution is 2.30. The molecule has 1 aromatic rings. The summed E-state index contributed by atoms with van der Waals surface area (Å²) in [4.78, 5) is 0. The SMILES string of the molecule is Cc1nn(C)c(C)c1C(C)C(C)CCN. The number of hydrogen-bond acceptors (Lipinski definition) is 2. The van der Waals surface area contributed by atoms with Gasteiger partial charge in [-0.1, -0.05) is 13.8 Å². The Balaban J connectivity index is 2.94. The van der Waals surface area contributed by atoms with Gasteiger partial charge in [-0.25, -0.2) is 0 Å². The van der Waals surface area contributed by atoms with Crippen molar-refractivity contribution in [2.75, 3.05) is 6.54 Å². The molecule has 0 aliphatic heterocycles. The summed E-state index contributed by atoms with van der Waals surface area (Å²) in [6, 6.07) is 0. The van der Waals surface area contributed by atoms with Crippen LogP contribution in [0.5, 0.6) is 0 Å². The van der Waals surface area contributed by atoms with Crippen molar-refractivity contribution in [3.63, 3.8) is 0 Å². The Morgan fingerprint density at radius 1 is 1.33 bits per heavy atom. The molecule has 2 atom stereocenters. The zero-order valence-electron chi connectivity index (χ0n) is 10.5. The van der Waals surface area contributed by atoms with E-state index in [-0.39, 0.29) is 0 Å². The Morgan fingerprint density at radius 2 is 1.93 bits per heavy atom. The molecule has 0 aliphatic carbocycles. The second-order valence-electron chi connectivity index (χ2n) is 4.55. The lowest BCUT2D eigenvalue weighted by Gasteiger charge is -2.20. The first kappa shape index (κ1) is 12.2. The predicted molar refractivity (Wildman–Crippen MR) is 63.9 cm³/mol. The Labute approximate surface area is 92.7 Å². The summed E-state index contributed by atoms with van der Waals surface area (Å²) in [5.41, 5.74) is 9.45. The molecule has 0 saturated carbocycles. The number of nitrogens with zero attached hydrogens (tertiary/aromatic N) is 2. The molecule has 0 bridgehead atoms. The summed E-state index contributed by atoms with van der Waals surface area (Å²) in [5.74, 6) is 1.17. The Kier molecular flexibility index (Phi) is 3.91. The Hall–Kier alpha value is -0.830. The summed E-state index contributed by atoms with van der Waals surface area (Å²) < 4.78 is 1.97. The van der Waals surface area contributed by atoms with Crippen molar-refractivity contribution in [3.8, 4) is 0 Å². The van der Waals surface area contributed by atoms with E-state index in [0.717, 1.165) is 18.7 Å². The average Bonchev–Trinajstić information content (AvgIpc) is 2.41. The van der Waals surface area contributed by atoms with Gasteiger partial charge in [0.05, 0.1) is 5.69 Å². The third-order valence-corrected chi connectivity index (χ3v) is 3.50. The van der Waals surface area contributed by atoms with Gasteiger partial charge in [0.25, 0.3) is 0 Å². The zero-order valence-corrected chi connectivity index (χ0v) is 10.5. The first-order valence-electron chi connectivity index (χ1n) is 5.69. The zero-order chi connectivity index (χ0) is 11.6. The van der Waals surface area contributed by atoms with Crippen molar-refractivity contribution in [3.05, 3.63) is 17.0 Å². The lowest BCUT2D eigenvalue weighted by Crippen LogP contribution is -2.13. The summed E-state index contributed by atoms with van der Waals surface area (Å²) in [6.45, 7) is 9.54. The van der Waals surface area contributed by atoms with Crippen LogP contribution in [0.25, 0.3) is 0 Å². The smallest absolute Gasteiger partial charge is 0.0631 e. The molecule has 0 radical (unpaired) electrons. The van der Waals surface area contributed by atoms with Crippen molar-refractivity contribution >= 4 is 0 Å². The predicted octanol–water partition coefficient (Wildman–Crippen LogP) is 2.13. The van der Waals surface area contributed by atoms with Gasteiger partial charge in [-0.2, -0.15) is 5.10 Å². The fraction of sp³-hybridized carbons (Fsp3) is 0.750. The summed E-state index contributed by atoms with van der Waals surface area (Å²) in [6.07, 6.45) is 1.08. The minimum absolute atomic E-state index is 0.544. The van der Waals surface area contributed by atoms with E-state index in [1.54, 1.807) is 0 Å². The van der Waals surface area contributed by atoms with Crippen LogP contribution in [0.1, 0.15) is 43.1 Å². The molecule has 1 aromatic heterocycles. The molecule has 0 aliphatic rings. The van der Waals surface area contributed by atoms with Gasteiger partial charge in [0.1, 0.15) is 0 Å². The maximum absolute atomic E-state index is 5.61. The van der Waals surface area contributed by atoms with Crippen molar-refractivity contribution in [1.29, 1.82) is 0 Å². The highest BCUT2D eigenvalue weighted by molar-refractivity contribution is 5.28. The number of aromatic nitrogens is 2. The quantitative estimate of drug-likeness (QED) is 0.825.